The molecule has 2 aliphatic rings. The maximum Gasteiger partial charge on any atom is 0.303 e. The Bertz CT molecular complexity index is 1110. The van der Waals surface area contributed by atoms with Gasteiger partial charge in [-0.15, -0.1) is 11.8 Å². The lowest BCUT2D eigenvalue weighted by Gasteiger charge is -2.28. The SMILES string of the molecule is C[C@@H](NC(=O)c1ccc(CSc2c(Cl)ccc3c2CCNCC3)cc1)C1CCCCC1.O=C(O)CCC(=O)O. The molecule has 0 aromatic heterocycles. The average Bonchev–Trinajstić information content (AvgIpc) is 3.18. The molecule has 1 aliphatic carbocycles. The minimum Gasteiger partial charge on any atom is -0.481 e. The van der Waals surface area contributed by atoms with Crippen molar-refractivity contribution in [1.82, 2.24) is 10.6 Å². The maximum atomic E-state index is 12.7. The van der Waals surface area contributed by atoms with Gasteiger partial charge in [-0.2, -0.15) is 0 Å². The lowest BCUT2D eigenvalue weighted by Crippen LogP contribution is -2.38. The van der Waals surface area contributed by atoms with Gasteiger partial charge in [0.2, 0.25) is 0 Å². The Balaban J connectivity index is 0.000000459. The highest BCUT2D eigenvalue weighted by Gasteiger charge is 2.22. The molecule has 212 valence electrons. The van der Waals surface area contributed by atoms with E-state index in [1.54, 1.807) is 0 Å². The van der Waals surface area contributed by atoms with Crippen LogP contribution >= 0.6 is 23.4 Å². The number of hydrogen-bond acceptors (Lipinski definition) is 5. The zero-order valence-electron chi connectivity index (χ0n) is 22.5. The number of carboxylic acids is 2. The topological polar surface area (TPSA) is 116 Å². The van der Waals surface area contributed by atoms with E-state index in [2.05, 4.69) is 35.8 Å². The average molecular weight is 575 g/mol. The number of halogens is 1. The lowest BCUT2D eigenvalue weighted by atomic mass is 9.84. The highest BCUT2D eigenvalue weighted by atomic mass is 35.5. The van der Waals surface area contributed by atoms with Crippen LogP contribution in [0.15, 0.2) is 41.3 Å². The molecule has 0 unspecified atom stereocenters. The zero-order chi connectivity index (χ0) is 28.2. The fourth-order valence-electron chi connectivity index (χ4n) is 5.03. The van der Waals surface area contributed by atoms with E-state index in [1.807, 2.05) is 30.0 Å². The van der Waals surface area contributed by atoms with E-state index in [0.717, 1.165) is 42.3 Å². The van der Waals surface area contributed by atoms with Crippen molar-refractivity contribution in [2.45, 2.75) is 81.4 Å². The summed E-state index contributed by atoms with van der Waals surface area (Å²) >= 11 is 8.37. The summed E-state index contributed by atoms with van der Waals surface area (Å²) in [5.74, 6) is -0.639. The molecule has 0 saturated heterocycles. The molecule has 2 aromatic rings. The van der Waals surface area contributed by atoms with E-state index in [9.17, 15) is 14.4 Å². The van der Waals surface area contributed by atoms with E-state index >= 15 is 0 Å². The van der Waals surface area contributed by atoms with E-state index < -0.39 is 11.9 Å². The van der Waals surface area contributed by atoms with Gasteiger partial charge in [-0.25, -0.2) is 0 Å². The van der Waals surface area contributed by atoms with Crippen LogP contribution in [0.3, 0.4) is 0 Å². The monoisotopic (exact) mass is 574 g/mol. The summed E-state index contributed by atoms with van der Waals surface area (Å²) in [7, 11) is 0. The number of aliphatic carboxylic acids is 2. The van der Waals surface area contributed by atoms with Crippen molar-refractivity contribution >= 4 is 41.2 Å². The van der Waals surface area contributed by atoms with Crippen LogP contribution in [0.25, 0.3) is 0 Å². The molecule has 1 fully saturated rings. The molecule has 7 nitrogen and oxygen atoms in total. The minimum absolute atomic E-state index is 0.0428. The van der Waals surface area contributed by atoms with Crippen molar-refractivity contribution in [3.63, 3.8) is 0 Å². The molecule has 39 heavy (non-hydrogen) atoms. The predicted molar refractivity (Wildman–Crippen MR) is 156 cm³/mol. The van der Waals surface area contributed by atoms with Crippen LogP contribution in [-0.4, -0.2) is 47.2 Å². The van der Waals surface area contributed by atoms with Gasteiger partial charge in [0.15, 0.2) is 0 Å². The number of carboxylic acid groups (broad SMARTS) is 2. The summed E-state index contributed by atoms with van der Waals surface area (Å²) < 4.78 is 0. The molecule has 1 amide bonds. The fraction of sp³-hybridized carbons (Fsp3) is 0.500. The highest BCUT2D eigenvalue weighted by Crippen LogP contribution is 2.36. The number of rotatable bonds is 9. The van der Waals surface area contributed by atoms with Crippen LogP contribution in [0.1, 0.15) is 78.9 Å². The zero-order valence-corrected chi connectivity index (χ0v) is 24.1. The Morgan fingerprint density at radius 1 is 0.974 bits per heavy atom. The Hall–Kier alpha value is -2.55. The van der Waals surface area contributed by atoms with Crippen LogP contribution in [0, 0.1) is 5.92 Å². The van der Waals surface area contributed by atoms with Gasteiger partial charge in [0.05, 0.1) is 17.9 Å². The Labute approximate surface area is 240 Å². The molecule has 1 aliphatic heterocycles. The Morgan fingerprint density at radius 3 is 2.26 bits per heavy atom. The Kier molecular flexibility index (Phi) is 12.6. The van der Waals surface area contributed by atoms with Gasteiger partial charge < -0.3 is 20.8 Å². The smallest absolute Gasteiger partial charge is 0.303 e. The second kappa shape index (κ2) is 15.9. The van der Waals surface area contributed by atoms with E-state index in [0.29, 0.717) is 5.92 Å². The minimum atomic E-state index is -1.08. The molecule has 0 bridgehead atoms. The summed E-state index contributed by atoms with van der Waals surface area (Å²) in [5.41, 5.74) is 4.77. The standard InChI is InChI=1S/C26H33ClN2OS.C4H6O4/c1-18(20-5-3-2-4-6-20)29-26(30)22-9-7-19(8-10-22)17-31-25-23-14-16-28-15-13-21(23)11-12-24(25)27;5-3(6)1-2-4(7)8/h7-12,18,20,28H,2-6,13-17H2,1H3,(H,29,30);1-2H2,(H,5,6)(H,7,8)/t18-;/m1./s1. The van der Waals surface area contributed by atoms with Crippen LogP contribution in [0.4, 0.5) is 0 Å². The molecule has 1 saturated carbocycles. The molecule has 0 radical (unpaired) electrons. The van der Waals surface area contributed by atoms with Crippen LogP contribution < -0.4 is 10.6 Å². The molecule has 1 atom stereocenters. The van der Waals surface area contributed by atoms with E-state index in [1.165, 1.54) is 53.7 Å². The summed E-state index contributed by atoms with van der Waals surface area (Å²) in [5, 5.41) is 23.3. The van der Waals surface area contributed by atoms with Crippen LogP contribution in [-0.2, 0) is 28.2 Å². The van der Waals surface area contributed by atoms with Crippen molar-refractivity contribution in [3.05, 3.63) is 63.7 Å². The second-order valence-corrected chi connectivity index (χ2v) is 11.6. The third-order valence-electron chi connectivity index (χ3n) is 7.30. The summed E-state index contributed by atoms with van der Waals surface area (Å²) in [6.45, 7) is 4.19. The fourth-order valence-corrected chi connectivity index (χ4v) is 6.49. The number of amides is 1. The summed E-state index contributed by atoms with van der Waals surface area (Å²) in [4.78, 5) is 33.2. The third-order valence-corrected chi connectivity index (χ3v) is 8.96. The van der Waals surface area contributed by atoms with Gasteiger partial charge in [0.25, 0.3) is 5.91 Å². The third kappa shape index (κ3) is 10.2. The first kappa shape index (κ1) is 31.0. The first-order chi connectivity index (χ1) is 18.7. The number of carbonyl (C=O) groups is 3. The molecular formula is C30H39ClN2O5S. The quantitative estimate of drug-likeness (QED) is 0.273. The highest BCUT2D eigenvalue weighted by molar-refractivity contribution is 7.98. The van der Waals surface area contributed by atoms with Crippen molar-refractivity contribution < 1.29 is 24.6 Å². The van der Waals surface area contributed by atoms with Crippen molar-refractivity contribution in [2.75, 3.05) is 13.1 Å². The summed E-state index contributed by atoms with van der Waals surface area (Å²) in [6, 6.07) is 12.5. The molecular weight excluding hydrogens is 536 g/mol. The van der Waals surface area contributed by atoms with Gasteiger partial charge in [-0.1, -0.05) is 49.1 Å². The van der Waals surface area contributed by atoms with E-state index in [-0.39, 0.29) is 24.8 Å². The normalized spacial score (nSPS) is 16.2. The maximum absolute atomic E-state index is 12.7. The van der Waals surface area contributed by atoms with Crippen molar-refractivity contribution in [2.24, 2.45) is 5.92 Å². The summed E-state index contributed by atoms with van der Waals surface area (Å²) in [6.07, 6.45) is 7.89. The Morgan fingerprint density at radius 2 is 1.62 bits per heavy atom. The number of carbonyl (C=O) groups excluding carboxylic acids is 1. The molecule has 2 aromatic carbocycles. The number of thioether (sulfide) groups is 1. The largest absolute Gasteiger partial charge is 0.481 e. The number of nitrogens with one attached hydrogen (secondary N) is 2. The lowest BCUT2D eigenvalue weighted by molar-refractivity contribution is -0.143. The number of hydrogen-bond donors (Lipinski definition) is 4. The molecule has 0 spiro atoms. The van der Waals surface area contributed by atoms with Gasteiger partial charge in [-0.3, -0.25) is 14.4 Å². The van der Waals surface area contributed by atoms with Crippen LogP contribution in [0.5, 0.6) is 0 Å². The van der Waals surface area contributed by atoms with Gasteiger partial charge in [0, 0.05) is 22.3 Å². The molecule has 4 N–H and O–H groups in total. The second-order valence-electron chi connectivity index (χ2n) is 10.2. The van der Waals surface area contributed by atoms with Gasteiger partial charge in [0.1, 0.15) is 0 Å². The first-order valence-electron chi connectivity index (χ1n) is 13.7. The molecule has 4 rings (SSSR count). The molecule has 1 heterocycles. The van der Waals surface area contributed by atoms with Gasteiger partial charge in [-0.05, 0) is 86.5 Å². The predicted octanol–water partition coefficient (Wildman–Crippen LogP) is 5.95. The number of fused-ring (bicyclic) bond motifs is 1. The van der Waals surface area contributed by atoms with E-state index in [4.69, 9.17) is 21.8 Å². The number of benzene rings is 2. The van der Waals surface area contributed by atoms with Crippen molar-refractivity contribution in [1.29, 1.82) is 0 Å². The molecule has 9 heteroatoms. The first-order valence-corrected chi connectivity index (χ1v) is 15.1. The van der Waals surface area contributed by atoms with Crippen molar-refractivity contribution in [3.8, 4) is 0 Å². The van der Waals surface area contributed by atoms with Gasteiger partial charge >= 0.3 is 11.9 Å². The van der Waals surface area contributed by atoms with Crippen LogP contribution in [0.2, 0.25) is 5.02 Å².